The fourth-order valence-corrected chi connectivity index (χ4v) is 2.80. The van der Waals surface area contributed by atoms with E-state index in [0.717, 1.165) is 23.5 Å². The second kappa shape index (κ2) is 6.32. The number of carbonyl (C=O) groups excluding carboxylic acids is 1. The highest BCUT2D eigenvalue weighted by atomic mass is 16.5. The van der Waals surface area contributed by atoms with Crippen LogP contribution in [-0.2, 0) is 4.79 Å². The molecule has 2 aromatic rings. The summed E-state index contributed by atoms with van der Waals surface area (Å²) in [5, 5.41) is 3.31. The van der Waals surface area contributed by atoms with E-state index in [9.17, 15) is 4.79 Å². The summed E-state index contributed by atoms with van der Waals surface area (Å²) in [6.07, 6.45) is 0.783. The minimum Gasteiger partial charge on any atom is -0.494 e. The Morgan fingerprint density at radius 2 is 1.74 bits per heavy atom. The number of carbonyl (C=O) groups is 1. The van der Waals surface area contributed by atoms with Crippen LogP contribution in [-0.4, -0.2) is 24.6 Å². The third-order valence-corrected chi connectivity index (χ3v) is 3.96. The molecule has 0 unspecified atom stereocenters. The zero-order valence-electron chi connectivity index (χ0n) is 13.6. The third kappa shape index (κ3) is 3.31. The Labute approximate surface area is 137 Å². The van der Waals surface area contributed by atoms with Gasteiger partial charge in [-0.25, -0.2) is 0 Å². The molecular formula is C19H22N2O2. The van der Waals surface area contributed by atoms with Crippen molar-refractivity contribution in [2.75, 3.05) is 23.4 Å². The molecule has 1 heterocycles. The Balaban J connectivity index is 1.65. The van der Waals surface area contributed by atoms with Crippen molar-refractivity contribution in [3.05, 3.63) is 54.6 Å². The van der Waals surface area contributed by atoms with Crippen LogP contribution < -0.4 is 15.0 Å². The standard InChI is InChI=1S/C19H22N2O2/c1-19(2)18(22)21(17-12-7-6-11-16(17)20-19)13-8-14-23-15-9-4-3-5-10-15/h3-7,9-12,20H,8,13-14H2,1-2H3. The fourth-order valence-electron chi connectivity index (χ4n) is 2.80. The number of ether oxygens (including phenoxy) is 1. The maximum atomic E-state index is 12.7. The van der Waals surface area contributed by atoms with Gasteiger partial charge in [-0.05, 0) is 44.5 Å². The lowest BCUT2D eigenvalue weighted by Gasteiger charge is -2.40. The van der Waals surface area contributed by atoms with Crippen molar-refractivity contribution in [2.45, 2.75) is 25.8 Å². The van der Waals surface area contributed by atoms with Crippen molar-refractivity contribution >= 4 is 17.3 Å². The minimum atomic E-state index is -0.589. The Morgan fingerprint density at radius 1 is 1.04 bits per heavy atom. The first-order chi connectivity index (χ1) is 11.1. The summed E-state index contributed by atoms with van der Waals surface area (Å²) >= 11 is 0. The van der Waals surface area contributed by atoms with Gasteiger partial charge in [0.05, 0.1) is 18.0 Å². The van der Waals surface area contributed by atoms with Gasteiger partial charge < -0.3 is 15.0 Å². The molecule has 1 N–H and O–H groups in total. The molecule has 0 saturated carbocycles. The van der Waals surface area contributed by atoms with Gasteiger partial charge in [-0.15, -0.1) is 0 Å². The minimum absolute atomic E-state index is 0.0934. The molecule has 0 radical (unpaired) electrons. The van der Waals surface area contributed by atoms with Gasteiger partial charge in [-0.3, -0.25) is 4.79 Å². The van der Waals surface area contributed by atoms with Crippen LogP contribution in [0.2, 0.25) is 0 Å². The second-order valence-electron chi connectivity index (χ2n) is 6.24. The Hall–Kier alpha value is -2.49. The molecule has 4 nitrogen and oxygen atoms in total. The summed E-state index contributed by atoms with van der Waals surface area (Å²) in [4.78, 5) is 14.6. The summed E-state index contributed by atoms with van der Waals surface area (Å²) in [7, 11) is 0. The van der Waals surface area contributed by atoms with E-state index in [0.29, 0.717) is 13.2 Å². The van der Waals surface area contributed by atoms with Gasteiger partial charge in [0.15, 0.2) is 0 Å². The van der Waals surface area contributed by atoms with E-state index in [1.165, 1.54) is 0 Å². The van der Waals surface area contributed by atoms with Crippen LogP contribution in [0.1, 0.15) is 20.3 Å². The molecule has 1 amide bonds. The number of hydrogen-bond acceptors (Lipinski definition) is 3. The van der Waals surface area contributed by atoms with Crippen molar-refractivity contribution in [1.82, 2.24) is 0 Å². The highest BCUT2D eigenvalue weighted by Gasteiger charge is 2.37. The molecule has 3 rings (SSSR count). The lowest BCUT2D eigenvalue weighted by Crippen LogP contribution is -2.54. The predicted octanol–water partition coefficient (Wildman–Crippen LogP) is 3.69. The highest BCUT2D eigenvalue weighted by molar-refractivity contribution is 6.07. The quantitative estimate of drug-likeness (QED) is 0.856. The lowest BCUT2D eigenvalue weighted by molar-refractivity contribution is -0.122. The molecule has 2 aromatic carbocycles. The first-order valence-electron chi connectivity index (χ1n) is 7.95. The number of hydrogen-bond donors (Lipinski definition) is 1. The molecule has 1 aliphatic rings. The molecule has 0 atom stereocenters. The van der Waals surface area contributed by atoms with Crippen LogP contribution >= 0.6 is 0 Å². The molecule has 120 valence electrons. The smallest absolute Gasteiger partial charge is 0.252 e. The van der Waals surface area contributed by atoms with Crippen LogP contribution in [0.3, 0.4) is 0 Å². The topological polar surface area (TPSA) is 41.6 Å². The summed E-state index contributed by atoms with van der Waals surface area (Å²) < 4.78 is 5.72. The van der Waals surface area contributed by atoms with Gasteiger partial charge in [0.1, 0.15) is 11.3 Å². The van der Waals surface area contributed by atoms with Gasteiger partial charge in [-0.2, -0.15) is 0 Å². The molecule has 0 fully saturated rings. The van der Waals surface area contributed by atoms with E-state index in [1.54, 1.807) is 0 Å². The number of para-hydroxylation sites is 3. The molecule has 0 aromatic heterocycles. The largest absolute Gasteiger partial charge is 0.494 e. The van der Waals surface area contributed by atoms with Crippen LogP contribution in [0.5, 0.6) is 5.75 Å². The monoisotopic (exact) mass is 310 g/mol. The zero-order valence-corrected chi connectivity index (χ0v) is 13.6. The van der Waals surface area contributed by atoms with Crippen molar-refractivity contribution < 1.29 is 9.53 Å². The Kier molecular flexibility index (Phi) is 4.24. The molecular weight excluding hydrogens is 288 g/mol. The Bertz CT molecular complexity index is 683. The molecule has 23 heavy (non-hydrogen) atoms. The molecule has 0 bridgehead atoms. The summed E-state index contributed by atoms with van der Waals surface area (Å²) in [6, 6.07) is 17.7. The van der Waals surface area contributed by atoms with Crippen LogP contribution in [0.25, 0.3) is 0 Å². The van der Waals surface area contributed by atoms with Crippen molar-refractivity contribution in [3.8, 4) is 5.75 Å². The number of anilines is 2. The Morgan fingerprint density at radius 3 is 2.52 bits per heavy atom. The van der Waals surface area contributed by atoms with Gasteiger partial charge in [0.2, 0.25) is 0 Å². The lowest BCUT2D eigenvalue weighted by atomic mass is 9.98. The molecule has 1 aliphatic heterocycles. The van der Waals surface area contributed by atoms with Crippen LogP contribution in [0.4, 0.5) is 11.4 Å². The fraction of sp³-hybridized carbons (Fsp3) is 0.316. The van der Waals surface area contributed by atoms with Gasteiger partial charge in [0.25, 0.3) is 5.91 Å². The SMILES string of the molecule is CC1(C)Nc2ccccc2N(CCCOc2ccccc2)C1=O. The number of fused-ring (bicyclic) bond motifs is 1. The number of nitrogens with zero attached hydrogens (tertiary/aromatic N) is 1. The van der Waals surface area contributed by atoms with Gasteiger partial charge >= 0.3 is 0 Å². The van der Waals surface area contributed by atoms with Crippen molar-refractivity contribution in [2.24, 2.45) is 0 Å². The maximum Gasteiger partial charge on any atom is 0.252 e. The van der Waals surface area contributed by atoms with E-state index in [-0.39, 0.29) is 5.91 Å². The summed E-state index contributed by atoms with van der Waals surface area (Å²) in [5.74, 6) is 0.954. The maximum absolute atomic E-state index is 12.7. The molecule has 4 heteroatoms. The average molecular weight is 310 g/mol. The van der Waals surface area contributed by atoms with E-state index in [4.69, 9.17) is 4.74 Å². The normalized spacial score (nSPS) is 15.7. The number of rotatable bonds is 5. The average Bonchev–Trinajstić information content (AvgIpc) is 2.55. The van der Waals surface area contributed by atoms with Crippen LogP contribution in [0, 0.1) is 0 Å². The summed E-state index contributed by atoms with van der Waals surface area (Å²) in [6.45, 7) is 5.06. The number of benzene rings is 2. The highest BCUT2D eigenvalue weighted by Crippen LogP contribution is 2.34. The van der Waals surface area contributed by atoms with Crippen molar-refractivity contribution in [3.63, 3.8) is 0 Å². The predicted molar refractivity (Wildman–Crippen MR) is 93.1 cm³/mol. The molecule has 0 saturated heterocycles. The van der Waals surface area contributed by atoms with Gasteiger partial charge in [0, 0.05) is 6.54 Å². The van der Waals surface area contributed by atoms with E-state index in [2.05, 4.69) is 5.32 Å². The molecule has 0 spiro atoms. The first-order valence-corrected chi connectivity index (χ1v) is 7.95. The van der Waals surface area contributed by atoms with E-state index >= 15 is 0 Å². The molecule has 0 aliphatic carbocycles. The number of amides is 1. The first kappa shape index (κ1) is 15.4. The van der Waals surface area contributed by atoms with E-state index in [1.807, 2.05) is 73.3 Å². The third-order valence-electron chi connectivity index (χ3n) is 3.96. The van der Waals surface area contributed by atoms with Crippen LogP contribution in [0.15, 0.2) is 54.6 Å². The summed E-state index contributed by atoms with van der Waals surface area (Å²) in [5.41, 5.74) is 1.35. The zero-order chi connectivity index (χ0) is 16.3. The number of nitrogens with one attached hydrogen (secondary N) is 1. The second-order valence-corrected chi connectivity index (χ2v) is 6.24. The van der Waals surface area contributed by atoms with E-state index < -0.39 is 5.54 Å². The van der Waals surface area contributed by atoms with Crippen molar-refractivity contribution in [1.29, 1.82) is 0 Å². The van der Waals surface area contributed by atoms with Gasteiger partial charge in [-0.1, -0.05) is 30.3 Å².